The number of carbonyl (C=O) groups is 1. The van der Waals surface area contributed by atoms with Gasteiger partial charge in [0.05, 0.1) is 18.8 Å². The van der Waals surface area contributed by atoms with E-state index in [0.29, 0.717) is 13.1 Å². The predicted octanol–water partition coefficient (Wildman–Crippen LogP) is -0.969. The minimum Gasteiger partial charge on any atom is -0.480 e. The third kappa shape index (κ3) is 5.83. The molecule has 0 spiro atoms. The van der Waals surface area contributed by atoms with Gasteiger partial charge in [-0.25, -0.2) is 4.79 Å². The smallest absolute Gasteiger partial charge is 0.329 e. The van der Waals surface area contributed by atoms with Crippen LogP contribution in [-0.4, -0.2) is 68.9 Å². The highest BCUT2D eigenvalue weighted by molar-refractivity contribution is 7.87. The van der Waals surface area contributed by atoms with Gasteiger partial charge in [0.2, 0.25) is 0 Å². The van der Waals surface area contributed by atoms with Crippen LogP contribution in [0.4, 0.5) is 0 Å². The molecule has 2 N–H and O–H groups in total. The van der Waals surface area contributed by atoms with Gasteiger partial charge in [-0.05, 0) is 13.8 Å². The van der Waals surface area contributed by atoms with Crippen molar-refractivity contribution < 1.29 is 27.8 Å². The maximum Gasteiger partial charge on any atom is 0.329 e. The number of hydrogen-bond donors (Lipinski definition) is 2. The summed E-state index contributed by atoms with van der Waals surface area (Å²) in [5, 5.41) is 8.35. The summed E-state index contributed by atoms with van der Waals surface area (Å²) in [7, 11) is -3.57. The van der Waals surface area contributed by atoms with Crippen LogP contribution in [0.2, 0.25) is 0 Å². The standard InChI is InChI=1S/C10H20N2O6S/c1-8-5-12(6-9(2)18-8)19(15,16)11-3-4-17-7-10(13)14/h8-9,11H,3-7H2,1-2H3,(H,13,14). The number of rotatable bonds is 7. The normalized spacial score (nSPS) is 25.4. The Morgan fingerprint density at radius 1 is 1.42 bits per heavy atom. The molecule has 1 saturated heterocycles. The first-order chi connectivity index (χ1) is 8.81. The first kappa shape index (κ1) is 16.3. The molecule has 9 heteroatoms. The Morgan fingerprint density at radius 3 is 2.53 bits per heavy atom. The largest absolute Gasteiger partial charge is 0.480 e. The Labute approximate surface area is 112 Å². The van der Waals surface area contributed by atoms with Crippen LogP contribution in [0, 0.1) is 0 Å². The molecule has 1 heterocycles. The molecule has 112 valence electrons. The first-order valence-corrected chi connectivity index (χ1v) is 7.45. The SMILES string of the molecule is CC1CN(S(=O)(=O)NCCOCC(=O)O)CC(C)O1. The third-order valence-electron chi connectivity index (χ3n) is 2.48. The fraction of sp³-hybridized carbons (Fsp3) is 0.900. The summed E-state index contributed by atoms with van der Waals surface area (Å²) < 4.78 is 37.8. The van der Waals surface area contributed by atoms with Crippen LogP contribution < -0.4 is 4.72 Å². The number of hydrogen-bond acceptors (Lipinski definition) is 5. The van der Waals surface area contributed by atoms with Crippen LogP contribution in [0.5, 0.6) is 0 Å². The second-order valence-corrected chi connectivity index (χ2v) is 6.18. The van der Waals surface area contributed by atoms with Crippen LogP contribution >= 0.6 is 0 Å². The first-order valence-electron chi connectivity index (χ1n) is 6.01. The van der Waals surface area contributed by atoms with Crippen LogP contribution in [0.3, 0.4) is 0 Å². The third-order valence-corrected chi connectivity index (χ3v) is 4.03. The number of morpholine rings is 1. The summed E-state index contributed by atoms with van der Waals surface area (Å²) in [6, 6.07) is 0. The maximum absolute atomic E-state index is 12.0. The molecule has 19 heavy (non-hydrogen) atoms. The lowest BCUT2D eigenvalue weighted by molar-refractivity contribution is -0.142. The molecule has 0 aromatic rings. The Bertz CT molecular complexity index is 389. The van der Waals surface area contributed by atoms with Crippen molar-refractivity contribution in [3.05, 3.63) is 0 Å². The lowest BCUT2D eigenvalue weighted by atomic mass is 10.3. The molecule has 0 radical (unpaired) electrons. The Morgan fingerprint density at radius 2 is 2.00 bits per heavy atom. The van der Waals surface area contributed by atoms with Crippen LogP contribution in [0.25, 0.3) is 0 Å². The second-order valence-electron chi connectivity index (χ2n) is 4.42. The molecule has 1 rings (SSSR count). The molecule has 2 atom stereocenters. The van der Waals surface area contributed by atoms with Crippen molar-refractivity contribution in [2.24, 2.45) is 0 Å². The van der Waals surface area contributed by atoms with E-state index in [9.17, 15) is 13.2 Å². The molecule has 0 aromatic heterocycles. The van der Waals surface area contributed by atoms with Gasteiger partial charge in [-0.3, -0.25) is 0 Å². The number of aliphatic carboxylic acids is 1. The topological polar surface area (TPSA) is 105 Å². The van der Waals surface area contributed by atoms with E-state index in [0.717, 1.165) is 0 Å². The predicted molar refractivity (Wildman–Crippen MR) is 67.0 cm³/mol. The Hall–Kier alpha value is -0.740. The minimum atomic E-state index is -3.57. The Kier molecular flexibility index (Phi) is 6.14. The number of ether oxygens (including phenoxy) is 2. The number of nitrogens with one attached hydrogen (secondary N) is 1. The maximum atomic E-state index is 12.0. The van der Waals surface area contributed by atoms with Crippen molar-refractivity contribution >= 4 is 16.2 Å². The molecule has 0 saturated carbocycles. The summed E-state index contributed by atoms with van der Waals surface area (Å²) >= 11 is 0. The average Bonchev–Trinajstić information content (AvgIpc) is 2.26. The van der Waals surface area contributed by atoms with Crippen molar-refractivity contribution in [1.82, 2.24) is 9.03 Å². The van der Waals surface area contributed by atoms with Gasteiger partial charge in [-0.15, -0.1) is 0 Å². The van der Waals surface area contributed by atoms with Gasteiger partial charge in [0.25, 0.3) is 10.2 Å². The van der Waals surface area contributed by atoms with Crippen molar-refractivity contribution in [2.75, 3.05) is 32.8 Å². The van der Waals surface area contributed by atoms with E-state index in [4.69, 9.17) is 14.6 Å². The van der Waals surface area contributed by atoms with Crippen molar-refractivity contribution in [3.63, 3.8) is 0 Å². The number of carboxylic acid groups (broad SMARTS) is 1. The highest BCUT2D eigenvalue weighted by atomic mass is 32.2. The van der Waals surface area contributed by atoms with E-state index in [1.54, 1.807) is 0 Å². The van der Waals surface area contributed by atoms with Gasteiger partial charge in [-0.1, -0.05) is 0 Å². The molecule has 1 aliphatic heterocycles. The molecular formula is C10H20N2O6S. The van der Waals surface area contributed by atoms with E-state index in [-0.39, 0.29) is 25.4 Å². The van der Waals surface area contributed by atoms with E-state index in [1.807, 2.05) is 13.8 Å². The molecule has 0 amide bonds. The quantitative estimate of drug-likeness (QED) is 0.586. The molecule has 1 fully saturated rings. The monoisotopic (exact) mass is 296 g/mol. The molecule has 1 aliphatic rings. The molecule has 2 unspecified atom stereocenters. The van der Waals surface area contributed by atoms with Crippen LogP contribution in [0.15, 0.2) is 0 Å². The minimum absolute atomic E-state index is 0.0149. The molecular weight excluding hydrogens is 276 g/mol. The van der Waals surface area contributed by atoms with Gasteiger partial charge in [0, 0.05) is 19.6 Å². The lowest BCUT2D eigenvalue weighted by Gasteiger charge is -2.34. The van der Waals surface area contributed by atoms with E-state index >= 15 is 0 Å². The highest BCUT2D eigenvalue weighted by Gasteiger charge is 2.30. The fourth-order valence-corrected chi connectivity index (χ4v) is 3.16. The zero-order valence-corrected chi connectivity index (χ0v) is 11.9. The van der Waals surface area contributed by atoms with Gasteiger partial charge in [-0.2, -0.15) is 17.4 Å². The summed E-state index contributed by atoms with van der Waals surface area (Å²) in [6.45, 7) is 3.84. The molecule has 0 bridgehead atoms. The second kappa shape index (κ2) is 7.15. The molecule has 0 aromatic carbocycles. The summed E-state index contributed by atoms with van der Waals surface area (Å²) in [4.78, 5) is 10.2. The fourth-order valence-electron chi connectivity index (χ4n) is 1.82. The zero-order chi connectivity index (χ0) is 14.5. The average molecular weight is 296 g/mol. The van der Waals surface area contributed by atoms with Crippen molar-refractivity contribution in [1.29, 1.82) is 0 Å². The van der Waals surface area contributed by atoms with Crippen LogP contribution in [0.1, 0.15) is 13.8 Å². The Balaban J connectivity index is 2.36. The van der Waals surface area contributed by atoms with Gasteiger partial charge < -0.3 is 14.6 Å². The zero-order valence-electron chi connectivity index (χ0n) is 11.0. The van der Waals surface area contributed by atoms with Crippen molar-refractivity contribution in [3.8, 4) is 0 Å². The molecule has 8 nitrogen and oxygen atoms in total. The van der Waals surface area contributed by atoms with Gasteiger partial charge >= 0.3 is 5.97 Å². The van der Waals surface area contributed by atoms with E-state index in [1.165, 1.54) is 4.31 Å². The van der Waals surface area contributed by atoms with E-state index < -0.39 is 22.8 Å². The summed E-state index contributed by atoms with van der Waals surface area (Å²) in [6.07, 6.45) is -0.299. The lowest BCUT2D eigenvalue weighted by Crippen LogP contribution is -2.52. The van der Waals surface area contributed by atoms with Gasteiger partial charge in [0.1, 0.15) is 6.61 Å². The highest BCUT2D eigenvalue weighted by Crippen LogP contribution is 2.13. The summed E-state index contributed by atoms with van der Waals surface area (Å²) in [5.74, 6) is -1.08. The number of carboxylic acids is 1. The molecule has 0 aliphatic carbocycles. The number of nitrogens with zero attached hydrogens (tertiary/aromatic N) is 1. The van der Waals surface area contributed by atoms with Crippen molar-refractivity contribution in [2.45, 2.75) is 26.1 Å². The summed E-state index contributed by atoms with van der Waals surface area (Å²) in [5.41, 5.74) is 0. The van der Waals surface area contributed by atoms with Crippen LogP contribution in [-0.2, 0) is 24.5 Å². The van der Waals surface area contributed by atoms with Gasteiger partial charge in [0.15, 0.2) is 0 Å². The van der Waals surface area contributed by atoms with E-state index in [2.05, 4.69) is 4.72 Å².